The SMILES string of the molecule is Cc1cccc(C)c1-n1c(C)cc([C@@H]2[C@H](c3ccccn3)NC(=S)N2CCN(C)C)c1C. The van der Waals surface area contributed by atoms with E-state index in [1.54, 1.807) is 0 Å². The summed E-state index contributed by atoms with van der Waals surface area (Å²) in [6, 6.07) is 15.0. The molecule has 1 saturated heterocycles. The van der Waals surface area contributed by atoms with Crippen LogP contribution in [0.4, 0.5) is 0 Å². The number of pyridine rings is 1. The molecule has 0 radical (unpaired) electrons. The van der Waals surface area contributed by atoms with Crippen molar-refractivity contribution in [3.8, 4) is 5.69 Å². The van der Waals surface area contributed by atoms with Crippen LogP contribution in [0.2, 0.25) is 0 Å². The number of para-hydroxylation sites is 1. The third kappa shape index (κ3) is 4.05. The Labute approximate surface area is 197 Å². The maximum absolute atomic E-state index is 5.83. The average Bonchev–Trinajstić information content (AvgIpc) is 3.23. The zero-order valence-corrected chi connectivity index (χ0v) is 20.7. The smallest absolute Gasteiger partial charge is 0.170 e. The summed E-state index contributed by atoms with van der Waals surface area (Å²) in [6.07, 6.45) is 1.86. The second-order valence-electron chi connectivity index (χ2n) is 9.03. The van der Waals surface area contributed by atoms with Gasteiger partial charge in [0, 0.05) is 30.7 Å². The fourth-order valence-electron chi connectivity index (χ4n) is 4.88. The van der Waals surface area contributed by atoms with E-state index in [4.69, 9.17) is 12.2 Å². The third-order valence-electron chi connectivity index (χ3n) is 6.44. The molecule has 1 aliphatic rings. The van der Waals surface area contributed by atoms with Crippen molar-refractivity contribution >= 4 is 17.3 Å². The number of likely N-dealkylation sites (N-methyl/N-ethyl adjacent to an activating group) is 1. The topological polar surface area (TPSA) is 36.3 Å². The highest BCUT2D eigenvalue weighted by molar-refractivity contribution is 7.80. The lowest BCUT2D eigenvalue weighted by molar-refractivity contribution is 0.277. The molecule has 3 heterocycles. The molecule has 3 aromatic rings. The highest BCUT2D eigenvalue weighted by atomic mass is 32.1. The van der Waals surface area contributed by atoms with Gasteiger partial charge in [-0.2, -0.15) is 0 Å². The molecule has 1 aromatic carbocycles. The van der Waals surface area contributed by atoms with Crippen LogP contribution in [0.15, 0.2) is 48.7 Å². The molecular formula is C26H33N5S. The molecule has 0 bridgehead atoms. The Morgan fingerprint density at radius 2 is 1.75 bits per heavy atom. The molecule has 0 spiro atoms. The van der Waals surface area contributed by atoms with Crippen LogP contribution in [0.3, 0.4) is 0 Å². The lowest BCUT2D eigenvalue weighted by Gasteiger charge is -2.29. The zero-order chi connectivity index (χ0) is 23.0. The fraction of sp³-hybridized carbons (Fsp3) is 0.385. The number of hydrogen-bond donors (Lipinski definition) is 1. The van der Waals surface area contributed by atoms with E-state index in [0.717, 1.165) is 23.9 Å². The molecule has 1 aliphatic heterocycles. The lowest BCUT2D eigenvalue weighted by Crippen LogP contribution is -2.35. The Bertz CT molecular complexity index is 1100. The van der Waals surface area contributed by atoms with E-state index in [9.17, 15) is 0 Å². The molecule has 2 aromatic heterocycles. The maximum Gasteiger partial charge on any atom is 0.170 e. The summed E-state index contributed by atoms with van der Waals surface area (Å²) >= 11 is 5.83. The number of hydrogen-bond acceptors (Lipinski definition) is 3. The van der Waals surface area contributed by atoms with Crippen LogP contribution < -0.4 is 5.32 Å². The van der Waals surface area contributed by atoms with Crippen molar-refractivity contribution in [2.45, 2.75) is 39.8 Å². The van der Waals surface area contributed by atoms with Crippen molar-refractivity contribution in [3.63, 3.8) is 0 Å². The Kier molecular flexibility index (Phi) is 6.35. The van der Waals surface area contributed by atoms with E-state index in [-0.39, 0.29) is 12.1 Å². The lowest BCUT2D eigenvalue weighted by atomic mass is 9.96. The van der Waals surface area contributed by atoms with E-state index in [1.165, 1.54) is 33.8 Å². The first kappa shape index (κ1) is 22.5. The summed E-state index contributed by atoms with van der Waals surface area (Å²) in [5, 5.41) is 4.37. The Hall–Kier alpha value is -2.70. The van der Waals surface area contributed by atoms with Crippen LogP contribution in [-0.2, 0) is 0 Å². The van der Waals surface area contributed by atoms with Gasteiger partial charge in [0.25, 0.3) is 0 Å². The summed E-state index contributed by atoms with van der Waals surface area (Å²) < 4.78 is 2.40. The van der Waals surface area contributed by atoms with E-state index in [2.05, 4.69) is 96.8 Å². The second-order valence-corrected chi connectivity index (χ2v) is 9.41. The standard InChI is InChI=1S/C26H33N5S/c1-17-10-9-11-18(2)24(17)31-19(3)16-21(20(31)4)25-23(22-12-7-8-13-27-22)28-26(32)30(25)15-14-29(5)6/h7-13,16,23,25H,14-15H2,1-6H3,(H,28,32)/t23-,25+/m0/s1. The monoisotopic (exact) mass is 447 g/mol. The van der Waals surface area contributed by atoms with Crippen LogP contribution >= 0.6 is 12.2 Å². The van der Waals surface area contributed by atoms with Crippen molar-refractivity contribution in [1.29, 1.82) is 0 Å². The fourth-order valence-corrected chi connectivity index (χ4v) is 5.21. The molecule has 4 rings (SSSR count). The van der Waals surface area contributed by atoms with Crippen LogP contribution in [0.25, 0.3) is 5.69 Å². The van der Waals surface area contributed by atoms with Crippen molar-refractivity contribution in [3.05, 3.63) is 82.4 Å². The summed E-state index contributed by atoms with van der Waals surface area (Å²) in [5.41, 5.74) is 8.65. The van der Waals surface area contributed by atoms with Gasteiger partial charge in [0.2, 0.25) is 0 Å². The molecule has 0 saturated carbocycles. The number of aryl methyl sites for hydroxylation is 3. The van der Waals surface area contributed by atoms with Gasteiger partial charge in [0.15, 0.2) is 5.11 Å². The molecule has 32 heavy (non-hydrogen) atoms. The van der Waals surface area contributed by atoms with Crippen LogP contribution in [-0.4, -0.2) is 51.6 Å². The number of benzene rings is 1. The van der Waals surface area contributed by atoms with E-state index < -0.39 is 0 Å². The first-order valence-electron chi connectivity index (χ1n) is 11.2. The maximum atomic E-state index is 5.83. The highest BCUT2D eigenvalue weighted by Crippen LogP contribution is 2.41. The molecule has 5 nitrogen and oxygen atoms in total. The minimum absolute atomic E-state index is 0.0118. The number of nitrogens with one attached hydrogen (secondary N) is 1. The van der Waals surface area contributed by atoms with Gasteiger partial charge in [-0.15, -0.1) is 0 Å². The summed E-state index contributed by atoms with van der Waals surface area (Å²) in [5.74, 6) is 0. The molecule has 0 aliphatic carbocycles. The van der Waals surface area contributed by atoms with Gasteiger partial charge in [-0.1, -0.05) is 24.3 Å². The van der Waals surface area contributed by atoms with Gasteiger partial charge in [-0.05, 0) is 88.9 Å². The molecule has 0 unspecified atom stereocenters. The molecule has 2 atom stereocenters. The van der Waals surface area contributed by atoms with E-state index in [1.807, 2.05) is 18.3 Å². The molecular weight excluding hydrogens is 414 g/mol. The quantitative estimate of drug-likeness (QED) is 0.557. The molecule has 0 amide bonds. The van der Waals surface area contributed by atoms with Crippen LogP contribution in [0.5, 0.6) is 0 Å². The summed E-state index contributed by atoms with van der Waals surface area (Å²) in [7, 11) is 4.20. The predicted octanol–water partition coefficient (Wildman–Crippen LogP) is 4.64. The predicted molar refractivity (Wildman–Crippen MR) is 135 cm³/mol. The second kappa shape index (κ2) is 9.04. The van der Waals surface area contributed by atoms with Crippen molar-refractivity contribution in [1.82, 2.24) is 24.7 Å². The van der Waals surface area contributed by atoms with Crippen LogP contribution in [0, 0.1) is 27.7 Å². The number of nitrogens with zero attached hydrogens (tertiary/aromatic N) is 4. The van der Waals surface area contributed by atoms with Gasteiger partial charge in [-0.25, -0.2) is 0 Å². The molecule has 1 fully saturated rings. The van der Waals surface area contributed by atoms with Crippen molar-refractivity contribution < 1.29 is 0 Å². The van der Waals surface area contributed by atoms with E-state index >= 15 is 0 Å². The minimum atomic E-state index is 0.0118. The number of aromatic nitrogens is 2. The largest absolute Gasteiger partial charge is 0.352 e. The molecule has 168 valence electrons. The summed E-state index contributed by atoms with van der Waals surface area (Å²) in [6.45, 7) is 10.6. The van der Waals surface area contributed by atoms with Gasteiger partial charge in [-0.3, -0.25) is 4.98 Å². The van der Waals surface area contributed by atoms with Gasteiger partial charge in [0.1, 0.15) is 0 Å². The average molecular weight is 448 g/mol. The normalized spacial score (nSPS) is 18.5. The Morgan fingerprint density at radius 1 is 1.03 bits per heavy atom. The Balaban J connectivity index is 1.85. The number of thiocarbonyl (C=S) groups is 1. The van der Waals surface area contributed by atoms with Crippen molar-refractivity contribution in [2.24, 2.45) is 0 Å². The third-order valence-corrected chi connectivity index (χ3v) is 6.79. The molecule has 1 N–H and O–H groups in total. The molecule has 6 heteroatoms. The first-order chi connectivity index (χ1) is 15.3. The van der Waals surface area contributed by atoms with Gasteiger partial charge >= 0.3 is 0 Å². The van der Waals surface area contributed by atoms with Gasteiger partial charge < -0.3 is 19.7 Å². The summed E-state index contributed by atoms with van der Waals surface area (Å²) in [4.78, 5) is 9.22. The zero-order valence-electron chi connectivity index (χ0n) is 19.9. The first-order valence-corrected chi connectivity index (χ1v) is 11.6. The van der Waals surface area contributed by atoms with Crippen LogP contribution in [0.1, 0.15) is 45.9 Å². The highest BCUT2D eigenvalue weighted by Gasteiger charge is 2.41. The number of rotatable bonds is 6. The minimum Gasteiger partial charge on any atom is -0.352 e. The van der Waals surface area contributed by atoms with Gasteiger partial charge in [0.05, 0.1) is 23.5 Å². The van der Waals surface area contributed by atoms with E-state index in [0.29, 0.717) is 0 Å². The Morgan fingerprint density at radius 3 is 2.38 bits per heavy atom. The van der Waals surface area contributed by atoms with Crippen molar-refractivity contribution in [2.75, 3.05) is 27.2 Å².